The number of carbonyl (C=O) groups is 1. The van der Waals surface area contributed by atoms with Crippen LogP contribution < -0.4 is 4.72 Å². The topological polar surface area (TPSA) is 86.7 Å². The van der Waals surface area contributed by atoms with Gasteiger partial charge in [0.15, 0.2) is 0 Å². The molecule has 0 radical (unpaired) electrons. The largest absolute Gasteiger partial charge is 0.380 e. The molecule has 10 heteroatoms. The lowest BCUT2D eigenvalue weighted by atomic mass is 9.93. The third-order valence-electron chi connectivity index (χ3n) is 7.16. The number of hydrogen-bond acceptors (Lipinski definition) is 4. The predicted molar refractivity (Wildman–Crippen MR) is 125 cm³/mol. The summed E-state index contributed by atoms with van der Waals surface area (Å²) in [6, 6.07) is 5.58. The first kappa shape index (κ1) is 25.7. The maximum Gasteiger partial charge on any atom is 0.254 e. The van der Waals surface area contributed by atoms with Crippen molar-refractivity contribution in [3.8, 4) is 11.1 Å². The lowest BCUT2D eigenvalue weighted by Crippen LogP contribution is -2.56. The fourth-order valence-corrected chi connectivity index (χ4v) is 5.83. The van der Waals surface area contributed by atoms with E-state index in [2.05, 4.69) is 4.72 Å². The van der Waals surface area contributed by atoms with E-state index in [1.807, 2.05) is 0 Å². The molecule has 35 heavy (non-hydrogen) atoms. The minimum atomic E-state index is -3.62. The van der Waals surface area contributed by atoms with Crippen molar-refractivity contribution < 1.29 is 31.5 Å². The number of sulfonamides is 1. The van der Waals surface area contributed by atoms with Crippen LogP contribution in [0.15, 0.2) is 36.4 Å². The van der Waals surface area contributed by atoms with E-state index in [0.29, 0.717) is 12.5 Å². The van der Waals surface area contributed by atoms with E-state index in [0.717, 1.165) is 12.1 Å². The zero-order chi connectivity index (χ0) is 25.7. The molecular weight excluding hydrogens is 481 g/mol. The summed E-state index contributed by atoms with van der Waals surface area (Å²) >= 11 is 0. The predicted octanol–water partition coefficient (Wildman–Crippen LogP) is 3.38. The van der Waals surface area contributed by atoms with Crippen molar-refractivity contribution in [1.82, 2.24) is 9.62 Å². The summed E-state index contributed by atoms with van der Waals surface area (Å²) in [5.41, 5.74) is -1.45. The van der Waals surface area contributed by atoms with E-state index in [9.17, 15) is 27.1 Å². The second-order valence-corrected chi connectivity index (χ2v) is 11.6. The van der Waals surface area contributed by atoms with Crippen LogP contribution in [0.3, 0.4) is 0 Å². The van der Waals surface area contributed by atoms with Gasteiger partial charge >= 0.3 is 0 Å². The number of halogens is 3. The number of nitrogens with zero attached hydrogens (tertiary/aromatic N) is 1. The van der Waals surface area contributed by atoms with Crippen molar-refractivity contribution >= 4 is 15.9 Å². The van der Waals surface area contributed by atoms with Crippen molar-refractivity contribution in [2.45, 2.75) is 63.8 Å². The zero-order valence-electron chi connectivity index (χ0n) is 19.8. The summed E-state index contributed by atoms with van der Waals surface area (Å²) in [4.78, 5) is 14.8. The Morgan fingerprint density at radius 3 is 2.43 bits per heavy atom. The first-order valence-electron chi connectivity index (χ1n) is 11.7. The highest BCUT2D eigenvalue weighted by Crippen LogP contribution is 2.50. The van der Waals surface area contributed by atoms with Crippen LogP contribution in [0, 0.1) is 23.4 Å². The first-order valence-corrected chi connectivity index (χ1v) is 13.3. The zero-order valence-corrected chi connectivity index (χ0v) is 20.6. The molecule has 1 unspecified atom stereocenters. The molecule has 5 atom stereocenters. The Hall–Kier alpha value is -2.43. The van der Waals surface area contributed by atoms with E-state index in [1.165, 1.54) is 30.9 Å². The van der Waals surface area contributed by atoms with E-state index >= 15 is 4.39 Å². The fraction of sp³-hybridized carbons (Fsp3) is 0.480. The molecule has 1 heterocycles. The molecular formula is C25H29F3N2O4S. The number of carbonyl (C=O) groups excluding carboxylic acids is 1. The van der Waals surface area contributed by atoms with Gasteiger partial charge in [-0.15, -0.1) is 0 Å². The first-order chi connectivity index (χ1) is 16.4. The van der Waals surface area contributed by atoms with Gasteiger partial charge in [0.25, 0.3) is 5.91 Å². The maximum atomic E-state index is 15.6. The van der Waals surface area contributed by atoms with Crippen LogP contribution in [-0.4, -0.2) is 53.8 Å². The van der Waals surface area contributed by atoms with Crippen LogP contribution in [0.2, 0.25) is 0 Å². The molecule has 2 aliphatic rings. The molecule has 4 rings (SSSR count). The number of aliphatic hydroxyl groups is 1. The van der Waals surface area contributed by atoms with Crippen LogP contribution in [0.4, 0.5) is 13.2 Å². The van der Waals surface area contributed by atoms with Gasteiger partial charge in [0.1, 0.15) is 23.1 Å². The van der Waals surface area contributed by atoms with Crippen molar-refractivity contribution in [3.05, 3.63) is 59.4 Å². The number of piperidine rings is 1. The molecule has 0 bridgehead atoms. The van der Waals surface area contributed by atoms with Crippen LogP contribution in [0.25, 0.3) is 11.1 Å². The molecule has 0 spiro atoms. The number of hydrogen-bond donors (Lipinski definition) is 2. The number of fused-ring (bicyclic) bond motifs is 1. The lowest BCUT2D eigenvalue weighted by molar-refractivity contribution is -0.152. The SMILES string of the molecule is CCC(C)(O)C(=O)N1[C@@H]2C[C@@H]2[C@@H](NS(=O)(=O)CC)[C@H]1Cc1cccc(-c2cc(F)cc(F)c2)c1F. The van der Waals surface area contributed by atoms with Crippen molar-refractivity contribution in [2.75, 3.05) is 5.75 Å². The standard InChI is InChI=1S/C25H29F3N2O4S/c1-4-25(3,32)24(31)30-20-13-19(20)23(29-35(33,34)5-2)21(30)11-14-7-6-8-18(22(14)28)15-9-16(26)12-17(27)10-15/h6-10,12,19-21,23,29,32H,4-5,11,13H2,1-3H3/t19-,20+,21+,23+,25?/m0/s1. The Morgan fingerprint density at radius 2 is 1.83 bits per heavy atom. The maximum absolute atomic E-state index is 15.6. The van der Waals surface area contributed by atoms with Gasteiger partial charge in [0.05, 0.1) is 11.8 Å². The van der Waals surface area contributed by atoms with Gasteiger partial charge in [-0.1, -0.05) is 25.1 Å². The number of benzene rings is 2. The molecule has 190 valence electrons. The average molecular weight is 511 g/mol. The number of rotatable bonds is 8. The molecule has 6 nitrogen and oxygen atoms in total. The highest BCUT2D eigenvalue weighted by Gasteiger charge is 2.62. The average Bonchev–Trinajstić information content (AvgIpc) is 3.52. The van der Waals surface area contributed by atoms with Crippen molar-refractivity contribution in [2.24, 2.45) is 5.92 Å². The Morgan fingerprint density at radius 1 is 1.17 bits per heavy atom. The van der Waals surface area contributed by atoms with Crippen LogP contribution in [0.5, 0.6) is 0 Å². The Labute approximate surface area is 203 Å². The minimum Gasteiger partial charge on any atom is -0.380 e. The van der Waals surface area contributed by atoms with Crippen LogP contribution >= 0.6 is 0 Å². The molecule has 2 N–H and O–H groups in total. The molecule has 1 amide bonds. The molecule has 0 aromatic heterocycles. The van der Waals surface area contributed by atoms with Crippen molar-refractivity contribution in [1.29, 1.82) is 0 Å². The molecule has 1 saturated carbocycles. The third kappa shape index (κ3) is 4.96. The normalized spacial score (nSPS) is 25.3. The number of amides is 1. The second kappa shape index (κ2) is 9.22. The summed E-state index contributed by atoms with van der Waals surface area (Å²) < 4.78 is 70.6. The van der Waals surface area contributed by atoms with Gasteiger partial charge < -0.3 is 10.0 Å². The molecule has 1 aliphatic carbocycles. The summed E-state index contributed by atoms with van der Waals surface area (Å²) in [7, 11) is -3.62. The highest BCUT2D eigenvalue weighted by atomic mass is 32.2. The van der Waals surface area contributed by atoms with Gasteiger partial charge in [-0.05, 0) is 62.3 Å². The Balaban J connectivity index is 1.73. The summed E-state index contributed by atoms with van der Waals surface area (Å²) in [5.74, 6) is -3.20. The molecule has 2 aromatic rings. The number of nitrogens with one attached hydrogen (secondary N) is 1. The Bertz CT molecular complexity index is 1230. The van der Waals surface area contributed by atoms with Gasteiger partial charge in [-0.3, -0.25) is 4.79 Å². The number of likely N-dealkylation sites (tertiary alicyclic amines) is 1. The summed E-state index contributed by atoms with van der Waals surface area (Å²) in [6.45, 7) is 4.58. The fourth-order valence-electron chi connectivity index (χ4n) is 4.92. The summed E-state index contributed by atoms with van der Waals surface area (Å²) in [6.07, 6.45) is 0.712. The van der Waals surface area contributed by atoms with Gasteiger partial charge in [0.2, 0.25) is 10.0 Å². The van der Waals surface area contributed by atoms with Crippen molar-refractivity contribution in [3.63, 3.8) is 0 Å². The quantitative estimate of drug-likeness (QED) is 0.570. The Kier molecular flexibility index (Phi) is 6.76. The summed E-state index contributed by atoms with van der Waals surface area (Å²) in [5, 5.41) is 10.7. The lowest BCUT2D eigenvalue weighted by Gasteiger charge is -2.36. The minimum absolute atomic E-state index is 0.00632. The highest BCUT2D eigenvalue weighted by molar-refractivity contribution is 7.89. The van der Waals surface area contributed by atoms with Gasteiger partial charge in [0, 0.05) is 23.7 Å². The van der Waals surface area contributed by atoms with Gasteiger partial charge in [-0.25, -0.2) is 26.3 Å². The third-order valence-corrected chi connectivity index (χ3v) is 8.55. The van der Waals surface area contributed by atoms with E-state index in [-0.39, 0.29) is 47.2 Å². The van der Waals surface area contributed by atoms with E-state index in [1.54, 1.807) is 13.0 Å². The second-order valence-electron chi connectivity index (χ2n) is 9.56. The van der Waals surface area contributed by atoms with E-state index < -0.39 is 51.1 Å². The smallest absolute Gasteiger partial charge is 0.254 e. The van der Waals surface area contributed by atoms with Gasteiger partial charge in [-0.2, -0.15) is 0 Å². The van der Waals surface area contributed by atoms with Crippen LogP contribution in [-0.2, 0) is 21.2 Å². The molecule has 2 aromatic carbocycles. The monoisotopic (exact) mass is 510 g/mol. The molecule has 1 saturated heterocycles. The van der Waals surface area contributed by atoms with Crippen LogP contribution in [0.1, 0.15) is 39.2 Å². The molecule has 2 fully saturated rings. The van der Waals surface area contributed by atoms with E-state index in [4.69, 9.17) is 0 Å². The molecule has 1 aliphatic heterocycles.